The average molecular weight is 275 g/mol. The lowest BCUT2D eigenvalue weighted by molar-refractivity contribution is -0.135. The highest BCUT2D eigenvalue weighted by Crippen LogP contribution is 2.61. The van der Waals surface area contributed by atoms with Gasteiger partial charge in [-0.1, -0.05) is 37.1 Å². The molecule has 2 aliphatic rings. The van der Waals surface area contributed by atoms with E-state index in [0.717, 1.165) is 32.2 Å². The maximum Gasteiger partial charge on any atom is 0.0960 e. The van der Waals surface area contributed by atoms with Gasteiger partial charge in [0.05, 0.1) is 17.1 Å². The Bertz CT molecular complexity index is 494. The summed E-state index contributed by atoms with van der Waals surface area (Å²) in [5.41, 5.74) is 1.62. The smallest absolute Gasteiger partial charge is 0.0960 e. The summed E-state index contributed by atoms with van der Waals surface area (Å²) in [6.07, 6.45) is 4.00. The molecular formula is C17H25NO2. The zero-order chi connectivity index (χ0) is 14.4. The third kappa shape index (κ3) is 1.70. The maximum atomic E-state index is 11.4. The van der Waals surface area contributed by atoms with E-state index in [0.29, 0.717) is 0 Å². The molecule has 1 fully saturated rings. The van der Waals surface area contributed by atoms with Crippen molar-refractivity contribution in [3.05, 3.63) is 35.4 Å². The van der Waals surface area contributed by atoms with Crippen molar-refractivity contribution in [1.29, 1.82) is 0 Å². The summed E-state index contributed by atoms with van der Waals surface area (Å²) >= 11 is 0. The summed E-state index contributed by atoms with van der Waals surface area (Å²) in [6, 6.07) is 8.44. The molecule has 3 nitrogen and oxygen atoms in total. The minimum absolute atomic E-state index is 0.00389. The predicted molar refractivity (Wildman–Crippen MR) is 79.8 cm³/mol. The highest BCUT2D eigenvalue weighted by molar-refractivity contribution is 5.52. The molecule has 0 aliphatic heterocycles. The number of hydrogen-bond donors (Lipinski definition) is 1. The molecule has 0 radical (unpaired) electrons. The van der Waals surface area contributed by atoms with Gasteiger partial charge in [-0.15, -0.1) is 0 Å². The molecule has 0 aromatic heterocycles. The third-order valence-electron chi connectivity index (χ3n) is 5.23. The molecule has 110 valence electrons. The highest BCUT2D eigenvalue weighted by atomic mass is 16.5. The number of benzene rings is 1. The van der Waals surface area contributed by atoms with E-state index >= 15 is 0 Å². The fourth-order valence-electron chi connectivity index (χ4n) is 4.50. The number of hydrogen-bond acceptors (Lipinski definition) is 3. The van der Waals surface area contributed by atoms with Crippen LogP contribution < -0.4 is 0 Å². The topological polar surface area (TPSA) is 32.7 Å². The van der Waals surface area contributed by atoms with Crippen LogP contribution in [-0.2, 0) is 10.2 Å². The monoisotopic (exact) mass is 275 g/mol. The molecule has 3 heteroatoms. The number of likely N-dealkylation sites (N-methyl/N-ethyl adjacent to an activating group) is 1. The van der Waals surface area contributed by atoms with E-state index in [4.69, 9.17) is 4.74 Å². The second-order valence-electron chi connectivity index (χ2n) is 6.65. The molecule has 1 N–H and O–H groups in total. The molecule has 3 rings (SSSR count). The summed E-state index contributed by atoms with van der Waals surface area (Å²) in [5.74, 6) is 0. The van der Waals surface area contributed by atoms with Crippen molar-refractivity contribution in [2.24, 2.45) is 0 Å². The number of rotatable bonds is 4. The number of nitrogens with zero attached hydrogens (tertiary/aromatic N) is 1. The molecular weight excluding hydrogens is 250 g/mol. The molecule has 2 atom stereocenters. The SMILES string of the molecule is CO[C@H]1c2ccccc2C1(CN(C)C)C1(O)CCCC1. The molecule has 1 unspecified atom stereocenters. The number of methoxy groups -OCH3 is 1. The first-order valence-electron chi connectivity index (χ1n) is 7.54. The standard InChI is InChI=1S/C17H25NO2/c1-18(2)12-17(16(19)10-6-7-11-16)14-9-5-4-8-13(14)15(17)20-3/h4-5,8-9,15,19H,6-7,10-12H2,1-3H3/t15-,17?/m0/s1. The zero-order valence-corrected chi connectivity index (χ0v) is 12.7. The summed E-state index contributed by atoms with van der Waals surface area (Å²) in [7, 11) is 5.92. The van der Waals surface area contributed by atoms with E-state index in [1.807, 2.05) is 0 Å². The van der Waals surface area contributed by atoms with Gasteiger partial charge in [0.2, 0.25) is 0 Å². The van der Waals surface area contributed by atoms with E-state index in [1.54, 1.807) is 7.11 Å². The van der Waals surface area contributed by atoms with Crippen molar-refractivity contribution < 1.29 is 9.84 Å². The van der Waals surface area contributed by atoms with Gasteiger partial charge in [0.1, 0.15) is 0 Å². The van der Waals surface area contributed by atoms with Crippen LogP contribution in [0.5, 0.6) is 0 Å². The van der Waals surface area contributed by atoms with Crippen molar-refractivity contribution >= 4 is 0 Å². The first-order chi connectivity index (χ1) is 9.55. The largest absolute Gasteiger partial charge is 0.389 e. The van der Waals surface area contributed by atoms with Crippen molar-refractivity contribution in [2.75, 3.05) is 27.7 Å². The van der Waals surface area contributed by atoms with Gasteiger partial charge >= 0.3 is 0 Å². The molecule has 0 heterocycles. The molecule has 1 saturated carbocycles. The van der Waals surface area contributed by atoms with Crippen molar-refractivity contribution in [3.63, 3.8) is 0 Å². The van der Waals surface area contributed by atoms with Crippen LogP contribution in [0.15, 0.2) is 24.3 Å². The fourth-order valence-corrected chi connectivity index (χ4v) is 4.50. The first-order valence-corrected chi connectivity index (χ1v) is 7.54. The Morgan fingerprint density at radius 1 is 1.25 bits per heavy atom. The molecule has 0 saturated heterocycles. The Kier molecular flexibility index (Phi) is 3.39. The molecule has 2 aliphatic carbocycles. The fraction of sp³-hybridized carbons (Fsp3) is 0.647. The van der Waals surface area contributed by atoms with E-state index in [-0.39, 0.29) is 11.5 Å². The minimum Gasteiger partial charge on any atom is -0.389 e. The van der Waals surface area contributed by atoms with Gasteiger partial charge in [-0.05, 0) is 38.1 Å². The van der Waals surface area contributed by atoms with Gasteiger partial charge in [-0.2, -0.15) is 0 Å². The van der Waals surface area contributed by atoms with Crippen LogP contribution in [0.2, 0.25) is 0 Å². The number of aliphatic hydroxyl groups is 1. The van der Waals surface area contributed by atoms with Crippen LogP contribution >= 0.6 is 0 Å². The lowest BCUT2D eigenvalue weighted by Crippen LogP contribution is -2.64. The van der Waals surface area contributed by atoms with Gasteiger partial charge in [-0.25, -0.2) is 0 Å². The molecule has 1 aromatic rings. The van der Waals surface area contributed by atoms with Gasteiger partial charge in [-0.3, -0.25) is 0 Å². The van der Waals surface area contributed by atoms with Gasteiger partial charge in [0.25, 0.3) is 0 Å². The first kappa shape index (κ1) is 14.1. The second-order valence-corrected chi connectivity index (χ2v) is 6.65. The summed E-state index contributed by atoms with van der Waals surface area (Å²) in [5, 5.41) is 11.4. The lowest BCUT2D eigenvalue weighted by atomic mass is 9.52. The number of fused-ring (bicyclic) bond motifs is 1. The van der Waals surface area contributed by atoms with Crippen LogP contribution in [0.3, 0.4) is 0 Å². The van der Waals surface area contributed by atoms with E-state index in [1.165, 1.54) is 11.1 Å². The summed E-state index contributed by atoms with van der Waals surface area (Å²) < 4.78 is 5.82. The normalized spacial score (nSPS) is 31.1. The zero-order valence-electron chi connectivity index (χ0n) is 12.7. The van der Waals surface area contributed by atoms with E-state index < -0.39 is 5.60 Å². The van der Waals surface area contributed by atoms with Crippen molar-refractivity contribution in [1.82, 2.24) is 4.90 Å². The number of ether oxygens (including phenoxy) is 1. The summed E-state index contributed by atoms with van der Waals surface area (Å²) in [4.78, 5) is 2.18. The van der Waals surface area contributed by atoms with Gasteiger partial charge in [0.15, 0.2) is 0 Å². The maximum absolute atomic E-state index is 11.4. The average Bonchev–Trinajstić information content (AvgIpc) is 2.84. The van der Waals surface area contributed by atoms with Gasteiger partial charge < -0.3 is 14.7 Å². The van der Waals surface area contributed by atoms with Crippen LogP contribution in [-0.4, -0.2) is 43.4 Å². The van der Waals surface area contributed by atoms with Crippen molar-refractivity contribution in [2.45, 2.75) is 42.8 Å². The van der Waals surface area contributed by atoms with Crippen LogP contribution in [0.25, 0.3) is 0 Å². The van der Waals surface area contributed by atoms with Gasteiger partial charge in [0, 0.05) is 13.7 Å². The highest BCUT2D eigenvalue weighted by Gasteiger charge is 2.64. The predicted octanol–water partition coefficient (Wildman–Crippen LogP) is 2.49. The Balaban J connectivity index is 2.12. The molecule has 20 heavy (non-hydrogen) atoms. The van der Waals surface area contributed by atoms with Crippen LogP contribution in [0, 0.1) is 0 Å². The Labute approximate surface area is 121 Å². The Morgan fingerprint density at radius 3 is 2.50 bits per heavy atom. The Hall–Kier alpha value is -0.900. The summed E-state index contributed by atoms with van der Waals surface area (Å²) in [6.45, 7) is 0.832. The van der Waals surface area contributed by atoms with Crippen LogP contribution in [0.1, 0.15) is 42.9 Å². The second kappa shape index (κ2) is 4.83. The quantitative estimate of drug-likeness (QED) is 0.916. The molecule has 0 spiro atoms. The molecule has 0 bridgehead atoms. The van der Waals surface area contributed by atoms with E-state index in [2.05, 4.69) is 43.3 Å². The third-order valence-corrected chi connectivity index (χ3v) is 5.23. The minimum atomic E-state index is -0.633. The molecule has 1 aromatic carbocycles. The van der Waals surface area contributed by atoms with Crippen LogP contribution in [0.4, 0.5) is 0 Å². The Morgan fingerprint density at radius 2 is 1.90 bits per heavy atom. The van der Waals surface area contributed by atoms with E-state index in [9.17, 15) is 5.11 Å². The lowest BCUT2D eigenvalue weighted by Gasteiger charge is -2.58. The van der Waals surface area contributed by atoms with Crippen molar-refractivity contribution in [3.8, 4) is 0 Å². The molecule has 0 amide bonds.